The zero-order chi connectivity index (χ0) is 43.9. The Morgan fingerprint density at radius 1 is 0.937 bits per heavy atom. The van der Waals surface area contributed by atoms with E-state index < -0.39 is 68.7 Å². The first-order chi connectivity index (χ1) is 30.4. The first-order valence-electron chi connectivity index (χ1n) is 22.4. The summed E-state index contributed by atoms with van der Waals surface area (Å²) in [6.07, 6.45) is 10.0. The number of carbonyl (C=O) groups is 4. The van der Waals surface area contributed by atoms with Crippen molar-refractivity contribution in [1.29, 1.82) is 0 Å². The van der Waals surface area contributed by atoms with Gasteiger partial charge >= 0.3 is 6.09 Å². The molecule has 0 spiro atoms. The molecule has 4 fully saturated rings. The lowest BCUT2D eigenvalue weighted by Crippen LogP contribution is -2.58. The minimum absolute atomic E-state index is 0.00332. The average molecular weight is 882 g/mol. The Morgan fingerprint density at radius 2 is 1.70 bits per heavy atom. The molecule has 3 N–H and O–H groups in total. The normalized spacial score (nSPS) is 25.8. The van der Waals surface area contributed by atoms with Crippen LogP contribution in [-0.4, -0.2) is 99.5 Å². The molecule has 1 saturated heterocycles. The molecule has 63 heavy (non-hydrogen) atoms. The Bertz CT molecular complexity index is 2530. The molecular formula is C46H55N7O9S. The second-order valence-electron chi connectivity index (χ2n) is 17.9. The molecule has 2 aromatic carbocycles. The number of hydrogen-bond acceptors (Lipinski definition) is 11. The summed E-state index contributed by atoms with van der Waals surface area (Å²) in [5.41, 5.74) is 1.13. The van der Waals surface area contributed by atoms with Crippen LogP contribution in [0, 0.1) is 5.92 Å². The number of benzene rings is 2. The molecule has 2 aliphatic heterocycles. The number of carbonyl (C=O) groups excluding carboxylic acids is 4. The van der Waals surface area contributed by atoms with Crippen molar-refractivity contribution in [2.75, 3.05) is 6.54 Å². The summed E-state index contributed by atoms with van der Waals surface area (Å²) in [6.45, 7) is 3.89. The third-order valence-corrected chi connectivity index (χ3v) is 14.6. The summed E-state index contributed by atoms with van der Waals surface area (Å²) in [5, 5.41) is 10.8. The van der Waals surface area contributed by atoms with Crippen LogP contribution in [0.15, 0.2) is 66.7 Å². The molecule has 4 heterocycles. The van der Waals surface area contributed by atoms with Crippen LogP contribution in [0.25, 0.3) is 27.8 Å². The maximum atomic E-state index is 14.8. The summed E-state index contributed by atoms with van der Waals surface area (Å²) < 4.78 is 48.2. The Hall–Kier alpha value is -5.71. The van der Waals surface area contributed by atoms with Crippen molar-refractivity contribution in [3.8, 4) is 22.9 Å². The largest absolute Gasteiger partial charge is 0.491 e. The van der Waals surface area contributed by atoms with Gasteiger partial charge in [-0.25, -0.2) is 18.2 Å². The summed E-state index contributed by atoms with van der Waals surface area (Å²) in [6, 6.07) is 14.8. The fraction of sp³-hybridized carbons (Fsp3) is 0.522. The molecule has 4 aromatic rings. The SMILES string of the molecule is CC(C)Oc1ccc(-c2cc(O[C@@H]3C[C@H]4C(=O)N[C@]5(C(=O)NS(=O)(=O)C6CC6)C[C@H]5C=CCCCCC[C@H](NC(=O)OC5CCCC5)C(=O)N4C3)n3nc4ccccc4c3n2)cc1. The minimum atomic E-state index is -3.92. The summed E-state index contributed by atoms with van der Waals surface area (Å²) in [7, 11) is -3.92. The third-order valence-electron chi connectivity index (χ3n) is 12.8. The molecule has 3 saturated carbocycles. The second-order valence-corrected chi connectivity index (χ2v) is 19.9. The quantitative estimate of drug-likeness (QED) is 0.165. The van der Waals surface area contributed by atoms with Gasteiger partial charge in [0.2, 0.25) is 27.7 Å². The number of aromatic nitrogens is 3. The number of sulfonamides is 1. The van der Waals surface area contributed by atoms with E-state index >= 15 is 0 Å². The highest BCUT2D eigenvalue weighted by Crippen LogP contribution is 2.46. The fourth-order valence-electron chi connectivity index (χ4n) is 9.17. The number of ether oxygens (including phenoxy) is 3. The Morgan fingerprint density at radius 3 is 2.46 bits per heavy atom. The molecule has 5 aliphatic rings. The molecule has 0 bridgehead atoms. The van der Waals surface area contributed by atoms with Crippen LogP contribution in [0.2, 0.25) is 0 Å². The van der Waals surface area contributed by atoms with E-state index in [2.05, 4.69) is 15.4 Å². The van der Waals surface area contributed by atoms with Gasteiger partial charge in [0.05, 0.1) is 29.1 Å². The van der Waals surface area contributed by atoms with E-state index in [1.807, 2.05) is 74.5 Å². The van der Waals surface area contributed by atoms with Gasteiger partial charge in [0.15, 0.2) is 5.65 Å². The van der Waals surface area contributed by atoms with Crippen LogP contribution in [0.4, 0.5) is 4.79 Å². The standard InChI is InChI=1S/C46H55N7O9S/c1-28(2)60-32-20-18-29(19-21-32)38-25-40(53-41(47-38)35-15-10-11-16-36(35)50-53)61-33-24-39-42(54)49-46(44(56)51-63(58,59)34-22-23-34)26-30(46)12-6-4-3-5-7-17-37(43(55)52(39)27-33)48-45(57)62-31-13-8-9-14-31/h6,10-12,15-16,18-21,25,28,30-31,33-34,37,39H,3-5,7-9,13-14,17,22-24,26-27H2,1-2H3,(H,48,57)(H,49,54)(H,51,56)/t30-,33-,37+,39+,46-/m1/s1. The zero-order valence-electron chi connectivity index (χ0n) is 35.7. The molecule has 0 radical (unpaired) electrons. The van der Waals surface area contributed by atoms with Gasteiger partial charge < -0.3 is 29.7 Å². The topological polar surface area (TPSA) is 200 Å². The molecule has 5 atom stereocenters. The van der Waals surface area contributed by atoms with Gasteiger partial charge in [-0.3, -0.25) is 19.1 Å². The highest BCUT2D eigenvalue weighted by Gasteiger charge is 2.62. The van der Waals surface area contributed by atoms with Crippen molar-refractivity contribution < 1.29 is 41.8 Å². The Labute approximate surface area is 366 Å². The van der Waals surface area contributed by atoms with E-state index in [-0.39, 0.29) is 31.6 Å². The lowest BCUT2D eigenvalue weighted by Gasteiger charge is -2.30. The molecule has 2 aromatic heterocycles. The van der Waals surface area contributed by atoms with Crippen LogP contribution < -0.4 is 24.8 Å². The van der Waals surface area contributed by atoms with Crippen LogP contribution in [0.1, 0.15) is 97.3 Å². The van der Waals surface area contributed by atoms with Crippen molar-refractivity contribution in [2.24, 2.45) is 5.92 Å². The second kappa shape index (κ2) is 17.5. The van der Waals surface area contributed by atoms with E-state index in [1.165, 1.54) is 4.90 Å². The monoisotopic (exact) mass is 881 g/mol. The molecule has 3 aliphatic carbocycles. The predicted octanol–water partition coefficient (Wildman–Crippen LogP) is 5.73. The van der Waals surface area contributed by atoms with Gasteiger partial charge in [-0.2, -0.15) is 9.61 Å². The number of fused-ring (bicyclic) bond motifs is 5. The van der Waals surface area contributed by atoms with Gasteiger partial charge in [-0.1, -0.05) is 37.1 Å². The molecule has 334 valence electrons. The van der Waals surface area contributed by atoms with Gasteiger partial charge in [0.1, 0.15) is 35.6 Å². The van der Waals surface area contributed by atoms with Gasteiger partial charge in [-0.15, -0.1) is 0 Å². The smallest absolute Gasteiger partial charge is 0.408 e. The number of allylic oxidation sites excluding steroid dienone is 1. The van der Waals surface area contributed by atoms with Crippen molar-refractivity contribution in [3.05, 3.63) is 66.7 Å². The molecule has 0 unspecified atom stereocenters. The van der Waals surface area contributed by atoms with E-state index in [0.717, 1.165) is 55.2 Å². The van der Waals surface area contributed by atoms with Gasteiger partial charge in [0, 0.05) is 29.4 Å². The molecule has 9 rings (SSSR count). The number of alkyl carbamates (subject to hydrolysis) is 1. The average Bonchev–Trinajstić information content (AvgIpc) is 4.06. The van der Waals surface area contributed by atoms with Gasteiger partial charge in [-0.05, 0) is 114 Å². The highest BCUT2D eigenvalue weighted by molar-refractivity contribution is 7.91. The van der Waals surface area contributed by atoms with Crippen molar-refractivity contribution >= 4 is 50.4 Å². The lowest BCUT2D eigenvalue weighted by molar-refractivity contribution is -0.141. The maximum absolute atomic E-state index is 14.8. The summed E-state index contributed by atoms with van der Waals surface area (Å²) in [5.74, 6) is -1.29. The third kappa shape index (κ3) is 9.20. The fourth-order valence-corrected chi connectivity index (χ4v) is 10.5. The summed E-state index contributed by atoms with van der Waals surface area (Å²) >= 11 is 0. The molecule has 16 nitrogen and oxygen atoms in total. The molecule has 4 amide bonds. The predicted molar refractivity (Wildman–Crippen MR) is 233 cm³/mol. The Balaban J connectivity index is 1.05. The van der Waals surface area contributed by atoms with E-state index in [9.17, 15) is 27.6 Å². The van der Waals surface area contributed by atoms with Crippen LogP contribution in [0.5, 0.6) is 11.6 Å². The number of nitrogens with zero attached hydrogens (tertiary/aromatic N) is 4. The number of hydrogen-bond donors (Lipinski definition) is 3. The highest BCUT2D eigenvalue weighted by atomic mass is 32.2. The van der Waals surface area contributed by atoms with Gasteiger partial charge in [0.25, 0.3) is 5.91 Å². The van der Waals surface area contributed by atoms with E-state index in [0.29, 0.717) is 54.8 Å². The minimum Gasteiger partial charge on any atom is -0.491 e. The van der Waals surface area contributed by atoms with E-state index in [1.54, 1.807) is 10.6 Å². The summed E-state index contributed by atoms with van der Waals surface area (Å²) in [4.78, 5) is 63.2. The van der Waals surface area contributed by atoms with Crippen LogP contribution in [0.3, 0.4) is 0 Å². The first-order valence-corrected chi connectivity index (χ1v) is 24.0. The Kier molecular flexibility index (Phi) is 11.8. The molecule has 17 heteroatoms. The van der Waals surface area contributed by atoms with Crippen molar-refractivity contribution in [3.63, 3.8) is 0 Å². The number of rotatable bonds is 10. The maximum Gasteiger partial charge on any atom is 0.408 e. The van der Waals surface area contributed by atoms with Crippen molar-refractivity contribution in [1.82, 2.24) is 34.9 Å². The van der Waals surface area contributed by atoms with Crippen LogP contribution in [-0.2, 0) is 29.1 Å². The first kappa shape index (κ1) is 42.6. The zero-order valence-corrected chi connectivity index (χ0v) is 36.5. The van der Waals surface area contributed by atoms with E-state index in [4.69, 9.17) is 24.3 Å². The van der Waals surface area contributed by atoms with Crippen molar-refractivity contribution in [2.45, 2.75) is 139 Å². The molecular weight excluding hydrogens is 827 g/mol. The number of nitrogens with one attached hydrogen (secondary N) is 3. The lowest BCUT2D eigenvalue weighted by atomic mass is 10.0. The van der Waals surface area contributed by atoms with Crippen LogP contribution >= 0.6 is 0 Å². The number of amides is 4.